The molecule has 0 saturated heterocycles. The van der Waals surface area contributed by atoms with Crippen LogP contribution in [0.25, 0.3) is 0 Å². The van der Waals surface area contributed by atoms with Crippen LogP contribution in [-0.2, 0) is 28.6 Å². The Balaban J connectivity index is 0.000000220. The first kappa shape index (κ1) is 62.0. The van der Waals surface area contributed by atoms with Gasteiger partial charge in [0.15, 0.2) is 5.78 Å². The van der Waals surface area contributed by atoms with Crippen molar-refractivity contribution in [3.8, 4) is 0 Å². The van der Waals surface area contributed by atoms with Crippen molar-refractivity contribution in [3.05, 3.63) is 30.7 Å². The van der Waals surface area contributed by atoms with Crippen LogP contribution in [0.1, 0.15) is 227 Å². The molecule has 16 atom stereocenters. The maximum absolute atomic E-state index is 13.2. The quantitative estimate of drug-likeness (QED) is 0.143. The Morgan fingerprint density at radius 1 is 0.534 bits per heavy atom. The summed E-state index contributed by atoms with van der Waals surface area (Å²) in [6.45, 7) is 34.9. The van der Waals surface area contributed by atoms with E-state index >= 15 is 0 Å². The van der Waals surface area contributed by atoms with Gasteiger partial charge in [0.1, 0.15) is 11.9 Å². The normalized spacial score (nSPS) is 48.0. The predicted molar refractivity (Wildman–Crippen MR) is 310 cm³/mol. The van der Waals surface area contributed by atoms with Crippen LogP contribution in [0.3, 0.4) is 0 Å². The molecule has 10 aliphatic rings. The van der Waals surface area contributed by atoms with E-state index in [9.17, 15) is 34.5 Å². The van der Waals surface area contributed by atoms with Crippen molar-refractivity contribution in [2.45, 2.75) is 233 Å². The number of Topliss-reactive ketones (excluding diaryl/α,β-unsaturated/α-hetero) is 2. The molecule has 8 saturated carbocycles. The summed E-state index contributed by atoms with van der Waals surface area (Å²) in [7, 11) is 0.628. The third-order valence-corrected chi connectivity index (χ3v) is 25.8. The average Bonchev–Trinajstić information content (AvgIpc) is 3.25. The van der Waals surface area contributed by atoms with Gasteiger partial charge in [0.2, 0.25) is 0 Å². The van der Waals surface area contributed by atoms with Crippen molar-refractivity contribution in [2.75, 3.05) is 0 Å². The van der Waals surface area contributed by atoms with E-state index in [0.29, 0.717) is 39.4 Å². The van der Waals surface area contributed by atoms with Crippen LogP contribution in [0.4, 0.5) is 0 Å². The molecule has 0 aromatic rings. The second-order valence-corrected chi connectivity index (χ2v) is 42.2. The number of hydrogen-bond donors (Lipinski definition) is 3. The average molecular weight is 1280 g/mol. The summed E-state index contributed by atoms with van der Waals surface area (Å²) in [5.41, 5.74) is 1.64. The van der Waals surface area contributed by atoms with E-state index in [0.717, 1.165) is 109 Å². The Labute approximate surface area is 473 Å². The molecule has 73 heavy (non-hydrogen) atoms. The minimum absolute atomic E-state index is 0. The Morgan fingerprint density at radius 3 is 1.25 bits per heavy atom. The second-order valence-electron chi connectivity index (χ2n) is 30.4. The predicted octanol–water partition coefficient (Wildman–Crippen LogP) is 17.0. The number of carboxylic acids is 2. The van der Waals surface area contributed by atoms with Crippen molar-refractivity contribution < 1.29 is 44.0 Å². The SMILES string of the molecule is C.CC1(C)CC[C@]2(C(=O)O)CC[C@]3(C)C(=CC[C@@H]4[C@@]5(C)C[C@@H](O)C(=O)C(C)(C)[C@@H]5CC[C@]43C)[C@@H]2C1.C[C@@H]1C[C@]2(C)[C@H]3CC=C4[C@@H]5CC(C)(C)CC[C@]5(C(=O)O)CC[C@@]4(C)[C@]3(C)CC[C@H]2C(C)(C)C1=O.[CH3-].[I][V][I]. The van der Waals surface area contributed by atoms with Crippen LogP contribution in [-0.4, -0.2) is 44.9 Å². The van der Waals surface area contributed by atoms with Gasteiger partial charge in [0.25, 0.3) is 0 Å². The molecule has 3 N–H and O–H groups in total. The fourth-order valence-electron chi connectivity index (χ4n) is 21.6. The zero-order valence-electron chi connectivity index (χ0n) is 47.7. The number of aliphatic hydroxyl groups is 1. The molecule has 0 bridgehead atoms. The van der Waals surface area contributed by atoms with E-state index in [1.165, 1.54) is 11.1 Å². The molecular weight excluding hydrogens is 1170 g/mol. The van der Waals surface area contributed by atoms with Crippen LogP contribution >= 0.6 is 40.0 Å². The summed E-state index contributed by atoms with van der Waals surface area (Å²) < 4.78 is 0. The van der Waals surface area contributed by atoms with E-state index in [-0.39, 0.29) is 93.0 Å². The molecular formula is C63H101I2O7V-. The number of carbonyl (C=O) groups excluding carboxylic acids is 2. The molecule has 8 fully saturated rings. The van der Waals surface area contributed by atoms with Gasteiger partial charge in [-0.1, -0.05) is 135 Å². The first-order chi connectivity index (χ1) is 32.5. The maximum atomic E-state index is 13.2. The number of fused-ring (bicyclic) bond motifs is 14. The van der Waals surface area contributed by atoms with Gasteiger partial charge >= 0.3 is 61.4 Å². The van der Waals surface area contributed by atoms with E-state index in [2.05, 4.69) is 156 Å². The molecule has 0 unspecified atom stereocenters. The van der Waals surface area contributed by atoms with Crippen LogP contribution in [0.2, 0.25) is 0 Å². The Morgan fingerprint density at radius 2 is 0.877 bits per heavy atom. The Hall–Kier alpha value is -0.236. The van der Waals surface area contributed by atoms with Gasteiger partial charge in [0.05, 0.1) is 10.8 Å². The van der Waals surface area contributed by atoms with Gasteiger partial charge in [-0.15, -0.1) is 0 Å². The van der Waals surface area contributed by atoms with Crippen molar-refractivity contribution in [1.82, 2.24) is 0 Å². The molecule has 7 nitrogen and oxygen atoms in total. The van der Waals surface area contributed by atoms with Gasteiger partial charge in [0, 0.05) is 16.7 Å². The van der Waals surface area contributed by atoms with Crippen molar-refractivity contribution >= 4 is 63.5 Å². The molecule has 0 spiro atoms. The Kier molecular flexibility index (Phi) is 16.8. The van der Waals surface area contributed by atoms with Crippen LogP contribution in [0.15, 0.2) is 23.3 Å². The molecule has 10 heteroatoms. The van der Waals surface area contributed by atoms with Crippen LogP contribution < -0.4 is 0 Å². The second kappa shape index (κ2) is 19.8. The zero-order chi connectivity index (χ0) is 52.9. The summed E-state index contributed by atoms with van der Waals surface area (Å²) in [4.78, 5) is 51.7. The monoisotopic (exact) mass is 1270 g/mol. The standard InChI is InChI=1S/C31H48O3.C30H46O4.CH4.CH3.2HI.V/c1-19-17-28(6)22(27(4,5)24(19)32)11-12-30(8)23(28)10-9-20-21-18-26(2,3)13-15-31(21,25(33)34)16-14-29(20,30)7;1-25(2)12-14-30(24(33)34)15-13-28(6)18(19(30)16-25)8-9-22-27(5)17-20(31)23(32)26(3,4)21(27)10-11-29(22,28)7;;;;;/h9,19,21-23H,10-18H2,1-8H3,(H,33,34);8,19-22,31H,9-17H2,1-7H3,(H,33,34);1H4;1H3;2*1H;/q;;;-1;;;+2/p-2/t19-,21+,22+,23-,28+,29-,30-,31+;19-,20+,21-,22+,27-,28+,29+,30-;;;;;/m10...../s1. The molecule has 0 heterocycles. The summed E-state index contributed by atoms with van der Waals surface area (Å²) >= 11 is 4.74. The first-order valence-corrected chi connectivity index (χ1v) is 37.1. The van der Waals surface area contributed by atoms with Gasteiger partial charge in [-0.25, -0.2) is 0 Å². The molecule has 0 aromatic heterocycles. The number of aliphatic hydroxyl groups excluding tert-OH is 1. The van der Waals surface area contributed by atoms with E-state index in [4.69, 9.17) is 0 Å². The van der Waals surface area contributed by atoms with Crippen LogP contribution in [0, 0.1) is 114 Å². The number of allylic oxidation sites excluding steroid dienone is 4. The van der Waals surface area contributed by atoms with E-state index in [1.807, 2.05) is 0 Å². The number of aliphatic carboxylic acids is 2. The summed E-state index contributed by atoms with van der Waals surface area (Å²) in [6, 6.07) is 0. The van der Waals surface area contributed by atoms with Crippen molar-refractivity contribution in [1.29, 1.82) is 0 Å². The van der Waals surface area contributed by atoms with Crippen molar-refractivity contribution in [2.24, 2.45) is 106 Å². The fourth-order valence-corrected chi connectivity index (χ4v) is 21.6. The van der Waals surface area contributed by atoms with E-state index in [1.54, 1.807) is 0 Å². The van der Waals surface area contributed by atoms with Gasteiger partial charge in [-0.05, 0) is 194 Å². The molecule has 10 aliphatic carbocycles. The van der Waals surface area contributed by atoms with Crippen LogP contribution in [0.5, 0.6) is 0 Å². The van der Waals surface area contributed by atoms with E-state index < -0.39 is 34.3 Å². The summed E-state index contributed by atoms with van der Waals surface area (Å²) in [6.07, 6.45) is 21.1. The number of hydrogen-bond acceptors (Lipinski definition) is 5. The van der Waals surface area contributed by atoms with Gasteiger partial charge in [-0.2, -0.15) is 0 Å². The number of carbonyl (C=O) groups is 4. The number of ketones is 2. The molecule has 0 aromatic carbocycles. The summed E-state index contributed by atoms with van der Waals surface area (Å²) in [5.74, 6) is 1.41. The molecule has 10 rings (SSSR count). The molecule has 0 radical (unpaired) electrons. The Bertz CT molecular complexity index is 2110. The number of halogens is 2. The third-order valence-electron chi connectivity index (χ3n) is 25.8. The van der Waals surface area contributed by atoms with Crippen molar-refractivity contribution in [3.63, 3.8) is 0 Å². The summed E-state index contributed by atoms with van der Waals surface area (Å²) in [5, 5.41) is 31.9. The number of carboxylic acid groups (broad SMARTS) is 2. The van der Waals surface area contributed by atoms with Gasteiger partial charge in [-0.3, -0.25) is 19.2 Å². The third kappa shape index (κ3) is 8.75. The first-order valence-electron chi connectivity index (χ1n) is 28.1. The van der Waals surface area contributed by atoms with Gasteiger partial charge < -0.3 is 22.7 Å². The zero-order valence-corrected chi connectivity index (χ0v) is 53.4. The number of rotatable bonds is 2. The molecule has 0 amide bonds. The fraction of sp³-hybridized carbons (Fsp3) is 0.857. The molecule has 415 valence electrons. The molecule has 0 aliphatic heterocycles. The minimum atomic E-state index is -0.873. The topological polar surface area (TPSA) is 129 Å².